The topological polar surface area (TPSA) is 82.6 Å². The van der Waals surface area contributed by atoms with Crippen LogP contribution >= 0.6 is 0 Å². The van der Waals surface area contributed by atoms with Gasteiger partial charge in [0.2, 0.25) is 18.6 Å². The van der Waals surface area contributed by atoms with E-state index in [0.717, 1.165) is 24.2 Å². The molecule has 1 aromatic carbocycles. The quantitative estimate of drug-likeness (QED) is 0.755. The number of carbonyl (C=O) groups excluding carboxylic acids is 2. The van der Waals surface area contributed by atoms with E-state index in [1.165, 1.54) is 12.8 Å². The first kappa shape index (κ1) is 19.5. The zero-order chi connectivity index (χ0) is 20.7. The van der Waals surface area contributed by atoms with Crippen LogP contribution in [0.5, 0.6) is 11.5 Å². The molecule has 3 aliphatic heterocycles. The number of rotatable bonds is 6. The second-order valence-corrected chi connectivity index (χ2v) is 8.84. The highest BCUT2D eigenvalue weighted by Gasteiger charge is 2.31. The number of benzene rings is 1. The average Bonchev–Trinajstić information content (AvgIpc) is 3.27. The molecule has 8 heteroatoms. The lowest BCUT2D eigenvalue weighted by Crippen LogP contribution is -2.44. The van der Waals surface area contributed by atoms with Gasteiger partial charge in [0.15, 0.2) is 11.5 Å². The first-order valence-corrected chi connectivity index (χ1v) is 11.0. The number of aliphatic hydroxyl groups excluding tert-OH is 1. The number of anilines is 1. The molecule has 2 fully saturated rings. The number of carbonyl (C=O) groups is 2. The van der Waals surface area contributed by atoms with Crippen molar-refractivity contribution in [3.05, 3.63) is 17.7 Å². The average molecular weight is 415 g/mol. The zero-order valence-electron chi connectivity index (χ0n) is 17.2. The van der Waals surface area contributed by atoms with Crippen molar-refractivity contribution < 1.29 is 24.2 Å². The molecule has 5 rings (SSSR count). The lowest BCUT2D eigenvalue weighted by Gasteiger charge is -2.35. The summed E-state index contributed by atoms with van der Waals surface area (Å²) in [6.07, 6.45) is 3.55. The molecular weight excluding hydrogens is 386 g/mol. The predicted octanol–water partition coefficient (Wildman–Crippen LogP) is 1.35. The van der Waals surface area contributed by atoms with Crippen LogP contribution in [0.2, 0.25) is 0 Å². The van der Waals surface area contributed by atoms with Crippen LogP contribution in [0.25, 0.3) is 0 Å². The maximum absolute atomic E-state index is 12.9. The molecule has 0 spiro atoms. The van der Waals surface area contributed by atoms with E-state index in [4.69, 9.17) is 9.47 Å². The second-order valence-electron chi connectivity index (χ2n) is 8.84. The molecule has 0 bridgehead atoms. The van der Waals surface area contributed by atoms with Crippen LogP contribution in [0.1, 0.15) is 37.7 Å². The number of aliphatic hydroxyl groups is 1. The van der Waals surface area contributed by atoms with Gasteiger partial charge in [0, 0.05) is 63.9 Å². The van der Waals surface area contributed by atoms with Crippen LogP contribution < -0.4 is 14.4 Å². The molecule has 30 heavy (non-hydrogen) atoms. The van der Waals surface area contributed by atoms with E-state index in [1.807, 2.05) is 17.0 Å². The maximum atomic E-state index is 12.9. The fourth-order valence-electron chi connectivity index (χ4n) is 4.63. The van der Waals surface area contributed by atoms with Gasteiger partial charge in [-0.3, -0.25) is 9.59 Å². The van der Waals surface area contributed by atoms with Crippen LogP contribution in [0, 0.1) is 5.92 Å². The summed E-state index contributed by atoms with van der Waals surface area (Å²) in [6, 6.07) is 3.94. The van der Waals surface area contributed by atoms with Gasteiger partial charge >= 0.3 is 0 Å². The first-order valence-electron chi connectivity index (χ1n) is 11.0. The minimum absolute atomic E-state index is 0.108. The number of β-amino-alcohol motifs (C(OH)–C–C–N with tert-alkyl or cyclic N) is 1. The molecule has 0 radical (unpaired) electrons. The van der Waals surface area contributed by atoms with Crippen molar-refractivity contribution in [3.63, 3.8) is 0 Å². The van der Waals surface area contributed by atoms with Crippen LogP contribution in [0.15, 0.2) is 12.1 Å². The summed E-state index contributed by atoms with van der Waals surface area (Å²) in [5.74, 6) is 2.29. The van der Waals surface area contributed by atoms with Gasteiger partial charge in [-0.05, 0) is 36.8 Å². The third-order valence-electron chi connectivity index (χ3n) is 6.43. The summed E-state index contributed by atoms with van der Waals surface area (Å²) in [4.78, 5) is 30.5. The molecule has 1 saturated heterocycles. The predicted molar refractivity (Wildman–Crippen MR) is 109 cm³/mol. The lowest BCUT2D eigenvalue weighted by molar-refractivity contribution is -0.132. The fourth-order valence-corrected chi connectivity index (χ4v) is 4.63. The first-order chi connectivity index (χ1) is 14.6. The SMILES string of the molecule is O=C1CCCN1CC(O)CN1CCC(=O)N(CC2CC2)Cc2cc3c(cc21)OCO3. The van der Waals surface area contributed by atoms with Crippen molar-refractivity contribution in [2.24, 2.45) is 5.92 Å². The Kier molecular flexibility index (Phi) is 5.18. The number of amides is 2. The van der Waals surface area contributed by atoms with Gasteiger partial charge in [0.25, 0.3) is 0 Å². The van der Waals surface area contributed by atoms with Crippen LogP contribution in [0.4, 0.5) is 5.69 Å². The minimum atomic E-state index is -0.678. The van der Waals surface area contributed by atoms with E-state index in [9.17, 15) is 14.7 Å². The van der Waals surface area contributed by atoms with E-state index < -0.39 is 6.10 Å². The Bertz CT molecular complexity index is 840. The van der Waals surface area contributed by atoms with E-state index in [0.29, 0.717) is 63.0 Å². The monoisotopic (exact) mass is 415 g/mol. The lowest BCUT2D eigenvalue weighted by atomic mass is 10.1. The van der Waals surface area contributed by atoms with Gasteiger partial charge in [-0.1, -0.05) is 0 Å². The largest absolute Gasteiger partial charge is 0.454 e. The summed E-state index contributed by atoms with van der Waals surface area (Å²) < 4.78 is 11.2. The molecule has 4 aliphatic rings. The van der Waals surface area contributed by atoms with Crippen molar-refractivity contribution in [2.45, 2.75) is 44.8 Å². The summed E-state index contributed by atoms with van der Waals surface area (Å²) in [7, 11) is 0. The van der Waals surface area contributed by atoms with Crippen LogP contribution in [0.3, 0.4) is 0 Å². The highest BCUT2D eigenvalue weighted by Crippen LogP contribution is 2.40. The third-order valence-corrected chi connectivity index (χ3v) is 6.43. The van der Waals surface area contributed by atoms with Crippen LogP contribution in [-0.2, 0) is 16.1 Å². The van der Waals surface area contributed by atoms with Gasteiger partial charge in [0.05, 0.1) is 6.10 Å². The normalized spacial score (nSPS) is 22.2. The Morgan fingerprint density at radius 3 is 2.43 bits per heavy atom. The summed E-state index contributed by atoms with van der Waals surface area (Å²) in [5.41, 5.74) is 1.98. The molecule has 162 valence electrons. The van der Waals surface area contributed by atoms with Gasteiger partial charge in [-0.25, -0.2) is 0 Å². The number of ether oxygens (including phenoxy) is 2. The second kappa shape index (κ2) is 7.98. The molecule has 1 N–H and O–H groups in total. The van der Waals surface area contributed by atoms with Gasteiger partial charge in [0.1, 0.15) is 0 Å². The Morgan fingerprint density at radius 1 is 0.967 bits per heavy atom. The Balaban J connectivity index is 1.38. The van der Waals surface area contributed by atoms with E-state index in [1.54, 1.807) is 4.90 Å². The van der Waals surface area contributed by atoms with Crippen molar-refractivity contribution >= 4 is 17.5 Å². The molecule has 2 amide bonds. The third kappa shape index (κ3) is 4.05. The number of hydrogen-bond donors (Lipinski definition) is 1. The van der Waals surface area contributed by atoms with E-state index >= 15 is 0 Å². The molecule has 1 unspecified atom stereocenters. The van der Waals surface area contributed by atoms with Crippen molar-refractivity contribution in [3.8, 4) is 11.5 Å². The number of nitrogens with zero attached hydrogens (tertiary/aromatic N) is 3. The summed E-state index contributed by atoms with van der Waals surface area (Å²) in [5, 5.41) is 10.7. The molecule has 1 aliphatic carbocycles. The van der Waals surface area contributed by atoms with Gasteiger partial charge < -0.3 is 29.3 Å². The van der Waals surface area contributed by atoms with E-state index in [-0.39, 0.29) is 18.6 Å². The standard InChI is InChI=1S/C22H29N3O5/c26-17(13-24-6-1-2-21(24)27)12-23-7-5-22(28)25(10-15-3-4-15)11-16-8-19-20(9-18(16)23)30-14-29-19/h8-9,15,17,26H,1-7,10-14H2. The molecule has 3 heterocycles. The van der Waals surface area contributed by atoms with Gasteiger partial charge in [-0.2, -0.15) is 0 Å². The van der Waals surface area contributed by atoms with Crippen LogP contribution in [-0.4, -0.2) is 72.3 Å². The zero-order valence-corrected chi connectivity index (χ0v) is 17.2. The molecule has 8 nitrogen and oxygen atoms in total. The summed E-state index contributed by atoms with van der Waals surface area (Å²) in [6.45, 7) is 3.48. The Labute approximate surface area is 176 Å². The highest BCUT2D eigenvalue weighted by atomic mass is 16.7. The number of likely N-dealkylation sites (tertiary alicyclic amines) is 1. The fraction of sp³-hybridized carbons (Fsp3) is 0.636. The Morgan fingerprint density at radius 2 is 1.70 bits per heavy atom. The van der Waals surface area contributed by atoms with Crippen molar-refractivity contribution in [1.82, 2.24) is 9.80 Å². The smallest absolute Gasteiger partial charge is 0.231 e. The maximum Gasteiger partial charge on any atom is 0.231 e. The van der Waals surface area contributed by atoms with Gasteiger partial charge in [-0.15, -0.1) is 0 Å². The van der Waals surface area contributed by atoms with E-state index in [2.05, 4.69) is 4.90 Å². The molecule has 1 saturated carbocycles. The molecule has 1 aromatic rings. The minimum Gasteiger partial charge on any atom is -0.454 e. The van der Waals surface area contributed by atoms with Crippen molar-refractivity contribution in [2.75, 3.05) is 44.4 Å². The number of hydrogen-bond acceptors (Lipinski definition) is 6. The highest BCUT2D eigenvalue weighted by molar-refractivity contribution is 5.79. The molecule has 1 atom stereocenters. The molecular formula is C22H29N3O5. The Hall–Kier alpha value is -2.48. The summed E-state index contributed by atoms with van der Waals surface area (Å²) >= 11 is 0. The van der Waals surface area contributed by atoms with Crippen molar-refractivity contribution in [1.29, 1.82) is 0 Å². The molecule has 0 aromatic heterocycles. The number of fused-ring (bicyclic) bond motifs is 2.